The summed E-state index contributed by atoms with van der Waals surface area (Å²) >= 11 is 0. The standard InChI is InChI=1S/C17H28N2O2/c1-6-21-16-8-7-14(9-15(16)18)17(20)19(10-12(2)3)11-13(4)5/h7-9,12-13H,6,10-11,18H2,1-5H3. The summed E-state index contributed by atoms with van der Waals surface area (Å²) in [6.07, 6.45) is 0. The number of carbonyl (C=O) groups excluding carboxylic acids is 1. The molecular formula is C17H28N2O2. The van der Waals surface area contributed by atoms with Gasteiger partial charge in [-0.2, -0.15) is 0 Å². The van der Waals surface area contributed by atoms with E-state index in [1.54, 1.807) is 18.2 Å². The van der Waals surface area contributed by atoms with Crippen molar-refractivity contribution >= 4 is 11.6 Å². The summed E-state index contributed by atoms with van der Waals surface area (Å²) in [4.78, 5) is 14.6. The van der Waals surface area contributed by atoms with Gasteiger partial charge in [-0.25, -0.2) is 0 Å². The summed E-state index contributed by atoms with van der Waals surface area (Å²) < 4.78 is 5.41. The number of nitrogens with two attached hydrogens (primary N) is 1. The van der Waals surface area contributed by atoms with E-state index in [2.05, 4.69) is 27.7 Å². The van der Waals surface area contributed by atoms with Crippen LogP contribution in [0.4, 0.5) is 5.69 Å². The van der Waals surface area contributed by atoms with Crippen LogP contribution in [0.3, 0.4) is 0 Å². The SMILES string of the molecule is CCOc1ccc(C(=O)N(CC(C)C)CC(C)C)cc1N. The van der Waals surface area contributed by atoms with E-state index in [4.69, 9.17) is 10.5 Å². The van der Waals surface area contributed by atoms with Gasteiger partial charge in [0.1, 0.15) is 5.75 Å². The van der Waals surface area contributed by atoms with Crippen LogP contribution in [-0.2, 0) is 0 Å². The zero-order valence-electron chi connectivity index (χ0n) is 13.8. The Morgan fingerprint density at radius 2 is 1.76 bits per heavy atom. The molecular weight excluding hydrogens is 264 g/mol. The van der Waals surface area contributed by atoms with E-state index < -0.39 is 0 Å². The van der Waals surface area contributed by atoms with Gasteiger partial charge >= 0.3 is 0 Å². The van der Waals surface area contributed by atoms with Gasteiger partial charge in [0.25, 0.3) is 5.91 Å². The van der Waals surface area contributed by atoms with Gasteiger partial charge in [-0.1, -0.05) is 27.7 Å². The number of rotatable bonds is 7. The highest BCUT2D eigenvalue weighted by Crippen LogP contribution is 2.23. The molecule has 0 atom stereocenters. The Bertz CT molecular complexity index is 460. The van der Waals surface area contributed by atoms with Gasteiger partial charge < -0.3 is 15.4 Å². The van der Waals surface area contributed by atoms with Crippen molar-refractivity contribution in [3.63, 3.8) is 0 Å². The highest BCUT2D eigenvalue weighted by Gasteiger charge is 2.19. The minimum Gasteiger partial charge on any atom is -0.492 e. The van der Waals surface area contributed by atoms with Crippen molar-refractivity contribution in [3.8, 4) is 5.75 Å². The number of benzene rings is 1. The lowest BCUT2D eigenvalue weighted by molar-refractivity contribution is 0.0715. The van der Waals surface area contributed by atoms with Gasteiger partial charge in [-0.15, -0.1) is 0 Å². The van der Waals surface area contributed by atoms with Gasteiger partial charge in [0.2, 0.25) is 0 Å². The fraction of sp³-hybridized carbons (Fsp3) is 0.588. The van der Waals surface area contributed by atoms with Crippen molar-refractivity contribution in [3.05, 3.63) is 23.8 Å². The van der Waals surface area contributed by atoms with E-state index in [0.717, 1.165) is 13.1 Å². The average molecular weight is 292 g/mol. The van der Waals surface area contributed by atoms with E-state index in [1.165, 1.54) is 0 Å². The molecule has 4 heteroatoms. The Hall–Kier alpha value is -1.71. The summed E-state index contributed by atoms with van der Waals surface area (Å²) in [7, 11) is 0. The van der Waals surface area contributed by atoms with Crippen molar-refractivity contribution in [2.75, 3.05) is 25.4 Å². The molecule has 0 heterocycles. The van der Waals surface area contributed by atoms with Crippen LogP contribution in [0.15, 0.2) is 18.2 Å². The number of nitrogens with zero attached hydrogens (tertiary/aromatic N) is 1. The van der Waals surface area contributed by atoms with E-state index in [0.29, 0.717) is 35.4 Å². The second kappa shape index (κ2) is 7.91. The minimum atomic E-state index is 0.0344. The molecule has 0 unspecified atom stereocenters. The van der Waals surface area contributed by atoms with E-state index in [1.807, 2.05) is 11.8 Å². The predicted octanol–water partition coefficient (Wildman–Crippen LogP) is 3.42. The molecule has 118 valence electrons. The number of amides is 1. The molecule has 0 aliphatic heterocycles. The first kappa shape index (κ1) is 17.3. The maximum Gasteiger partial charge on any atom is 0.253 e. The molecule has 0 saturated heterocycles. The molecule has 4 nitrogen and oxygen atoms in total. The summed E-state index contributed by atoms with van der Waals surface area (Å²) in [5, 5.41) is 0. The summed E-state index contributed by atoms with van der Waals surface area (Å²) in [6, 6.07) is 5.27. The molecule has 0 bridgehead atoms. The Morgan fingerprint density at radius 3 is 2.19 bits per heavy atom. The number of hydrogen-bond acceptors (Lipinski definition) is 3. The van der Waals surface area contributed by atoms with Crippen LogP contribution < -0.4 is 10.5 Å². The quantitative estimate of drug-likeness (QED) is 0.783. The van der Waals surface area contributed by atoms with Gasteiger partial charge in [0.05, 0.1) is 12.3 Å². The molecule has 0 spiro atoms. The molecule has 0 radical (unpaired) electrons. The second-order valence-corrected chi connectivity index (χ2v) is 6.18. The first-order valence-electron chi connectivity index (χ1n) is 7.66. The summed E-state index contributed by atoms with van der Waals surface area (Å²) in [5.41, 5.74) is 7.09. The number of hydrogen-bond donors (Lipinski definition) is 1. The lowest BCUT2D eigenvalue weighted by Gasteiger charge is -2.26. The predicted molar refractivity (Wildman–Crippen MR) is 87.6 cm³/mol. The van der Waals surface area contributed by atoms with Crippen molar-refractivity contribution < 1.29 is 9.53 Å². The molecule has 0 aliphatic carbocycles. The highest BCUT2D eigenvalue weighted by atomic mass is 16.5. The molecule has 2 N–H and O–H groups in total. The normalized spacial score (nSPS) is 11.0. The fourth-order valence-corrected chi connectivity index (χ4v) is 2.27. The zero-order valence-corrected chi connectivity index (χ0v) is 13.8. The van der Waals surface area contributed by atoms with E-state index >= 15 is 0 Å². The number of ether oxygens (including phenoxy) is 1. The molecule has 21 heavy (non-hydrogen) atoms. The molecule has 0 aromatic heterocycles. The van der Waals surface area contributed by atoms with Crippen molar-refractivity contribution in [1.82, 2.24) is 4.90 Å². The smallest absolute Gasteiger partial charge is 0.253 e. The second-order valence-electron chi connectivity index (χ2n) is 6.18. The maximum absolute atomic E-state index is 12.7. The van der Waals surface area contributed by atoms with Crippen LogP contribution in [-0.4, -0.2) is 30.5 Å². The average Bonchev–Trinajstić information content (AvgIpc) is 2.38. The van der Waals surface area contributed by atoms with Crippen molar-refractivity contribution in [1.29, 1.82) is 0 Å². The molecule has 0 saturated carbocycles. The van der Waals surface area contributed by atoms with E-state index in [9.17, 15) is 4.79 Å². The topological polar surface area (TPSA) is 55.6 Å². The largest absolute Gasteiger partial charge is 0.492 e. The number of anilines is 1. The first-order valence-corrected chi connectivity index (χ1v) is 7.66. The first-order chi connectivity index (χ1) is 9.85. The van der Waals surface area contributed by atoms with Gasteiger partial charge in [0, 0.05) is 18.7 Å². The van der Waals surface area contributed by atoms with E-state index in [-0.39, 0.29) is 5.91 Å². The monoisotopic (exact) mass is 292 g/mol. The van der Waals surface area contributed by atoms with Crippen molar-refractivity contribution in [2.45, 2.75) is 34.6 Å². The third-order valence-electron chi connectivity index (χ3n) is 3.01. The van der Waals surface area contributed by atoms with Crippen LogP contribution in [0.5, 0.6) is 5.75 Å². The summed E-state index contributed by atoms with van der Waals surface area (Å²) in [5.74, 6) is 1.54. The molecule has 0 fully saturated rings. The Morgan fingerprint density at radius 1 is 1.19 bits per heavy atom. The zero-order chi connectivity index (χ0) is 16.0. The van der Waals surface area contributed by atoms with Crippen LogP contribution in [0.2, 0.25) is 0 Å². The minimum absolute atomic E-state index is 0.0344. The van der Waals surface area contributed by atoms with Crippen molar-refractivity contribution in [2.24, 2.45) is 11.8 Å². The van der Waals surface area contributed by atoms with Crippen LogP contribution >= 0.6 is 0 Å². The van der Waals surface area contributed by atoms with Crippen LogP contribution in [0.1, 0.15) is 45.0 Å². The number of nitrogen functional groups attached to an aromatic ring is 1. The third-order valence-corrected chi connectivity index (χ3v) is 3.01. The van der Waals surface area contributed by atoms with Crippen LogP contribution in [0, 0.1) is 11.8 Å². The van der Waals surface area contributed by atoms with Crippen LogP contribution in [0.25, 0.3) is 0 Å². The lowest BCUT2D eigenvalue weighted by atomic mass is 10.1. The lowest BCUT2D eigenvalue weighted by Crippen LogP contribution is -2.37. The summed E-state index contributed by atoms with van der Waals surface area (Å²) in [6.45, 7) is 12.4. The maximum atomic E-state index is 12.7. The molecule has 0 aliphatic rings. The Kier molecular flexibility index (Phi) is 6.53. The molecule has 1 rings (SSSR count). The highest BCUT2D eigenvalue weighted by molar-refractivity contribution is 5.95. The molecule has 1 aromatic rings. The Labute approximate surface area is 128 Å². The van der Waals surface area contributed by atoms with Gasteiger partial charge in [0.15, 0.2) is 0 Å². The molecule has 1 aromatic carbocycles. The fourth-order valence-electron chi connectivity index (χ4n) is 2.27. The Balaban J connectivity index is 2.94. The third kappa shape index (κ3) is 5.29. The van der Waals surface area contributed by atoms with Gasteiger partial charge in [-0.3, -0.25) is 4.79 Å². The number of carbonyl (C=O) groups is 1. The van der Waals surface area contributed by atoms with Gasteiger partial charge in [-0.05, 0) is 37.0 Å². The molecule has 1 amide bonds.